The van der Waals surface area contributed by atoms with Gasteiger partial charge in [-0.1, -0.05) is 36.8 Å². The summed E-state index contributed by atoms with van der Waals surface area (Å²) in [6.07, 6.45) is 2.48. The number of hydrogen-bond donors (Lipinski definition) is 1. The van der Waals surface area contributed by atoms with Crippen LogP contribution in [0.5, 0.6) is 0 Å². The molecule has 5 nitrogen and oxygen atoms in total. The molecular formula is C19H24O5. The van der Waals surface area contributed by atoms with Gasteiger partial charge in [-0.25, -0.2) is 0 Å². The van der Waals surface area contributed by atoms with E-state index in [2.05, 4.69) is 0 Å². The highest BCUT2D eigenvalue weighted by Gasteiger charge is 2.57. The van der Waals surface area contributed by atoms with E-state index in [1.807, 2.05) is 30.3 Å². The SMILES string of the molecule is O=C1C[C@H](O)[C@@H](OCc2ccccc2)[C@@H]2OC3(CCCCC3)O[C@H]12. The van der Waals surface area contributed by atoms with Crippen LogP contribution in [0.1, 0.15) is 44.1 Å². The van der Waals surface area contributed by atoms with Crippen molar-refractivity contribution < 1.29 is 24.1 Å². The molecule has 0 unspecified atom stereocenters. The Balaban J connectivity index is 1.49. The van der Waals surface area contributed by atoms with Gasteiger partial charge in [0.1, 0.15) is 18.3 Å². The Labute approximate surface area is 141 Å². The number of hydrogen-bond acceptors (Lipinski definition) is 5. The van der Waals surface area contributed by atoms with Crippen molar-refractivity contribution in [1.82, 2.24) is 0 Å². The first kappa shape index (κ1) is 16.2. The minimum atomic E-state index is -0.843. The van der Waals surface area contributed by atoms with Crippen LogP contribution >= 0.6 is 0 Å². The number of carbonyl (C=O) groups is 1. The van der Waals surface area contributed by atoms with Gasteiger partial charge in [-0.05, 0) is 18.4 Å². The first-order chi connectivity index (χ1) is 11.7. The molecule has 1 aromatic carbocycles. The molecule has 3 aliphatic rings. The molecule has 0 radical (unpaired) electrons. The Morgan fingerprint density at radius 2 is 1.88 bits per heavy atom. The summed E-state index contributed by atoms with van der Waals surface area (Å²) in [5.74, 6) is -0.726. The van der Waals surface area contributed by atoms with Crippen molar-refractivity contribution in [3.8, 4) is 0 Å². The molecule has 0 amide bonds. The van der Waals surface area contributed by atoms with Crippen molar-refractivity contribution >= 4 is 5.78 Å². The molecule has 4 rings (SSSR count). The molecule has 0 bridgehead atoms. The summed E-state index contributed by atoms with van der Waals surface area (Å²) in [5, 5.41) is 10.4. The van der Waals surface area contributed by atoms with E-state index in [9.17, 15) is 9.90 Å². The van der Waals surface area contributed by atoms with Crippen LogP contribution in [0.25, 0.3) is 0 Å². The van der Waals surface area contributed by atoms with E-state index in [4.69, 9.17) is 14.2 Å². The molecular weight excluding hydrogens is 308 g/mol. The largest absolute Gasteiger partial charge is 0.390 e. The molecule has 0 aromatic heterocycles. The summed E-state index contributed by atoms with van der Waals surface area (Å²) in [4.78, 5) is 12.3. The van der Waals surface area contributed by atoms with Gasteiger partial charge in [-0.2, -0.15) is 0 Å². The van der Waals surface area contributed by atoms with Gasteiger partial charge in [0.2, 0.25) is 0 Å². The lowest BCUT2D eigenvalue weighted by Gasteiger charge is -2.34. The van der Waals surface area contributed by atoms with E-state index in [1.165, 1.54) is 6.42 Å². The second-order valence-corrected chi connectivity index (χ2v) is 7.09. The minimum absolute atomic E-state index is 0.0695. The highest BCUT2D eigenvalue weighted by atomic mass is 16.8. The summed E-state index contributed by atoms with van der Waals surface area (Å²) >= 11 is 0. The molecule has 1 saturated heterocycles. The predicted octanol–water partition coefficient (Wildman–Crippen LogP) is 2.35. The van der Waals surface area contributed by atoms with Crippen molar-refractivity contribution in [2.45, 2.75) is 75.3 Å². The van der Waals surface area contributed by atoms with Crippen LogP contribution in [0.15, 0.2) is 30.3 Å². The first-order valence-corrected chi connectivity index (χ1v) is 8.89. The monoisotopic (exact) mass is 332 g/mol. The van der Waals surface area contributed by atoms with Crippen molar-refractivity contribution in [3.05, 3.63) is 35.9 Å². The quantitative estimate of drug-likeness (QED) is 0.920. The average Bonchev–Trinajstić information content (AvgIpc) is 2.95. The highest BCUT2D eigenvalue weighted by molar-refractivity contribution is 5.85. The number of carbonyl (C=O) groups excluding carboxylic acids is 1. The van der Waals surface area contributed by atoms with Crippen molar-refractivity contribution in [2.24, 2.45) is 0 Å². The standard InChI is InChI=1S/C19H24O5/c20-14-11-15(21)17-18(24-19(23-17)9-5-2-6-10-19)16(14)22-12-13-7-3-1-4-8-13/h1,3-4,7-8,14,16-18,20H,2,5-6,9-12H2/t14-,16+,17+,18-/m0/s1. The van der Waals surface area contributed by atoms with Crippen LogP contribution in [0.4, 0.5) is 0 Å². The number of benzene rings is 1. The smallest absolute Gasteiger partial charge is 0.170 e. The number of ketones is 1. The molecule has 4 atom stereocenters. The highest BCUT2D eigenvalue weighted by Crippen LogP contribution is 2.44. The van der Waals surface area contributed by atoms with Crippen LogP contribution in [0.2, 0.25) is 0 Å². The van der Waals surface area contributed by atoms with Crippen LogP contribution in [-0.2, 0) is 25.6 Å². The summed E-state index contributed by atoms with van der Waals surface area (Å²) in [7, 11) is 0. The zero-order chi connectivity index (χ0) is 16.6. The predicted molar refractivity (Wildman–Crippen MR) is 86.2 cm³/mol. The number of fused-ring (bicyclic) bond motifs is 1. The summed E-state index contributed by atoms with van der Waals surface area (Å²) in [6.45, 7) is 0.385. The van der Waals surface area contributed by atoms with E-state index in [0.717, 1.165) is 31.2 Å². The Bertz CT molecular complexity index is 581. The number of Topliss-reactive ketones (excluding diaryl/α,β-unsaturated/α-hetero) is 1. The molecule has 24 heavy (non-hydrogen) atoms. The minimum Gasteiger partial charge on any atom is -0.390 e. The molecule has 130 valence electrons. The Kier molecular flexibility index (Phi) is 4.43. The fourth-order valence-corrected chi connectivity index (χ4v) is 4.08. The van der Waals surface area contributed by atoms with Crippen molar-refractivity contribution in [2.75, 3.05) is 0 Å². The number of ether oxygens (including phenoxy) is 3. The van der Waals surface area contributed by atoms with E-state index < -0.39 is 30.2 Å². The van der Waals surface area contributed by atoms with E-state index >= 15 is 0 Å². The normalized spacial score (nSPS) is 35.1. The Morgan fingerprint density at radius 3 is 2.62 bits per heavy atom. The zero-order valence-corrected chi connectivity index (χ0v) is 13.7. The van der Waals surface area contributed by atoms with E-state index in [-0.39, 0.29) is 12.2 Å². The van der Waals surface area contributed by atoms with E-state index in [1.54, 1.807) is 0 Å². The van der Waals surface area contributed by atoms with Gasteiger partial charge in [-0.3, -0.25) is 4.79 Å². The third-order valence-electron chi connectivity index (χ3n) is 5.32. The molecule has 1 aliphatic heterocycles. The van der Waals surface area contributed by atoms with Gasteiger partial charge < -0.3 is 19.3 Å². The maximum Gasteiger partial charge on any atom is 0.170 e. The molecule has 1 spiro atoms. The molecule has 2 aliphatic carbocycles. The topological polar surface area (TPSA) is 65.0 Å². The lowest BCUT2D eigenvalue weighted by atomic mass is 9.88. The second-order valence-electron chi connectivity index (χ2n) is 7.09. The zero-order valence-electron chi connectivity index (χ0n) is 13.7. The maximum absolute atomic E-state index is 12.3. The maximum atomic E-state index is 12.3. The van der Waals surface area contributed by atoms with Gasteiger partial charge >= 0.3 is 0 Å². The Morgan fingerprint density at radius 1 is 1.12 bits per heavy atom. The fourth-order valence-electron chi connectivity index (χ4n) is 4.08. The van der Waals surface area contributed by atoms with E-state index in [0.29, 0.717) is 6.61 Å². The van der Waals surface area contributed by atoms with Gasteiger partial charge in [0.05, 0.1) is 12.7 Å². The summed E-state index contributed by atoms with van der Waals surface area (Å²) in [5.41, 5.74) is 1.03. The lowest BCUT2D eigenvalue weighted by Crippen LogP contribution is -2.53. The molecule has 5 heteroatoms. The molecule has 3 fully saturated rings. The lowest BCUT2D eigenvalue weighted by molar-refractivity contribution is -0.206. The van der Waals surface area contributed by atoms with Crippen LogP contribution in [0, 0.1) is 0 Å². The third kappa shape index (κ3) is 3.02. The average molecular weight is 332 g/mol. The van der Waals surface area contributed by atoms with Gasteiger partial charge in [-0.15, -0.1) is 0 Å². The van der Waals surface area contributed by atoms with Crippen molar-refractivity contribution in [3.63, 3.8) is 0 Å². The Hall–Kier alpha value is -1.27. The van der Waals surface area contributed by atoms with Crippen LogP contribution < -0.4 is 0 Å². The number of rotatable bonds is 3. The molecule has 1 heterocycles. The van der Waals surface area contributed by atoms with Gasteiger partial charge in [0, 0.05) is 19.3 Å². The molecule has 2 saturated carbocycles. The van der Waals surface area contributed by atoms with Crippen LogP contribution in [-0.4, -0.2) is 41.1 Å². The molecule has 1 N–H and O–H groups in total. The van der Waals surface area contributed by atoms with Crippen LogP contribution in [0.3, 0.4) is 0 Å². The fraction of sp³-hybridized carbons (Fsp3) is 0.632. The third-order valence-corrected chi connectivity index (χ3v) is 5.32. The van der Waals surface area contributed by atoms with Gasteiger partial charge in [0.25, 0.3) is 0 Å². The summed E-state index contributed by atoms with van der Waals surface area (Å²) in [6, 6.07) is 9.82. The van der Waals surface area contributed by atoms with Crippen molar-refractivity contribution in [1.29, 1.82) is 0 Å². The first-order valence-electron chi connectivity index (χ1n) is 8.89. The number of aliphatic hydroxyl groups is 1. The second kappa shape index (κ2) is 6.56. The van der Waals surface area contributed by atoms with Gasteiger partial charge in [0.15, 0.2) is 11.6 Å². The summed E-state index contributed by atoms with van der Waals surface area (Å²) < 4.78 is 18.3. The molecule has 1 aromatic rings. The number of aliphatic hydroxyl groups excluding tert-OH is 1.